The number of carbonyl (C=O) groups excluding carboxylic acids is 2. The maximum Gasteiger partial charge on any atom is 0.252 e. The number of hydrogen-bond donors (Lipinski definition) is 3. The Morgan fingerprint density at radius 2 is 2.05 bits per heavy atom. The normalized spacial score (nSPS) is 10.3. The zero-order chi connectivity index (χ0) is 14.4. The van der Waals surface area contributed by atoms with E-state index in [1.165, 1.54) is 18.2 Å². The third kappa shape index (κ3) is 5.18. The largest absolute Gasteiger partial charge is 0.508 e. The van der Waals surface area contributed by atoms with E-state index in [9.17, 15) is 14.7 Å². The van der Waals surface area contributed by atoms with Gasteiger partial charge in [-0.1, -0.05) is 11.6 Å². The molecule has 0 bridgehead atoms. The van der Waals surface area contributed by atoms with Crippen molar-refractivity contribution in [1.29, 1.82) is 0 Å². The zero-order valence-corrected chi connectivity index (χ0v) is 11.6. The van der Waals surface area contributed by atoms with E-state index in [-0.39, 0.29) is 41.3 Å². The van der Waals surface area contributed by atoms with Gasteiger partial charge in [0, 0.05) is 19.0 Å². The van der Waals surface area contributed by atoms with Gasteiger partial charge in [-0.2, -0.15) is 0 Å². The van der Waals surface area contributed by atoms with Crippen LogP contribution >= 0.6 is 11.6 Å². The number of phenolic OH excluding ortho intramolecular Hbond substituents is 1. The van der Waals surface area contributed by atoms with Gasteiger partial charge < -0.3 is 15.7 Å². The van der Waals surface area contributed by atoms with Crippen molar-refractivity contribution in [3.63, 3.8) is 0 Å². The number of carbonyl (C=O) groups is 2. The fourth-order valence-corrected chi connectivity index (χ4v) is 1.67. The monoisotopic (exact) mass is 284 g/mol. The van der Waals surface area contributed by atoms with Crippen LogP contribution in [0.4, 0.5) is 0 Å². The Morgan fingerprint density at radius 1 is 1.37 bits per heavy atom. The minimum Gasteiger partial charge on any atom is -0.508 e. The summed E-state index contributed by atoms with van der Waals surface area (Å²) in [7, 11) is 0. The molecule has 0 heterocycles. The Labute approximate surface area is 117 Å². The summed E-state index contributed by atoms with van der Waals surface area (Å²) in [5.41, 5.74) is 0.186. The molecule has 0 saturated heterocycles. The Hall–Kier alpha value is -1.75. The van der Waals surface area contributed by atoms with E-state index in [2.05, 4.69) is 10.6 Å². The molecule has 0 fully saturated rings. The standard InChI is InChI=1S/C13H17ClN2O3/c1-8(2)16-12(18)5-6-15-13(19)10-7-9(17)3-4-11(10)14/h3-4,7-8,17H,5-6H2,1-2H3,(H,15,19)(H,16,18). The van der Waals surface area contributed by atoms with Gasteiger partial charge in [-0.15, -0.1) is 0 Å². The molecule has 0 unspecified atom stereocenters. The van der Waals surface area contributed by atoms with Crippen LogP contribution < -0.4 is 10.6 Å². The van der Waals surface area contributed by atoms with E-state index < -0.39 is 5.91 Å². The number of phenols is 1. The molecular weight excluding hydrogens is 268 g/mol. The lowest BCUT2D eigenvalue weighted by Gasteiger charge is -2.09. The highest BCUT2D eigenvalue weighted by Crippen LogP contribution is 2.20. The van der Waals surface area contributed by atoms with Crippen LogP contribution in [0.25, 0.3) is 0 Å². The molecule has 19 heavy (non-hydrogen) atoms. The molecule has 0 atom stereocenters. The zero-order valence-electron chi connectivity index (χ0n) is 10.9. The Morgan fingerprint density at radius 3 is 2.68 bits per heavy atom. The molecule has 0 aliphatic heterocycles. The Bertz CT molecular complexity index is 475. The molecule has 1 aromatic rings. The molecule has 1 aromatic carbocycles. The summed E-state index contributed by atoms with van der Waals surface area (Å²) < 4.78 is 0. The minimum atomic E-state index is -0.418. The summed E-state index contributed by atoms with van der Waals surface area (Å²) in [6.45, 7) is 3.94. The first-order valence-corrected chi connectivity index (χ1v) is 6.34. The van der Waals surface area contributed by atoms with Crippen molar-refractivity contribution >= 4 is 23.4 Å². The van der Waals surface area contributed by atoms with Gasteiger partial charge in [0.2, 0.25) is 5.91 Å². The van der Waals surface area contributed by atoms with Gasteiger partial charge in [0.25, 0.3) is 5.91 Å². The predicted octanol–water partition coefficient (Wildman–Crippen LogP) is 1.69. The summed E-state index contributed by atoms with van der Waals surface area (Å²) in [5, 5.41) is 14.8. The van der Waals surface area contributed by atoms with Crippen molar-refractivity contribution in [2.75, 3.05) is 6.54 Å². The van der Waals surface area contributed by atoms with E-state index in [0.29, 0.717) is 0 Å². The summed E-state index contributed by atoms with van der Waals surface area (Å²) in [6.07, 6.45) is 0.195. The average molecular weight is 285 g/mol. The highest BCUT2D eigenvalue weighted by Gasteiger charge is 2.11. The van der Waals surface area contributed by atoms with Crippen molar-refractivity contribution < 1.29 is 14.7 Å². The lowest BCUT2D eigenvalue weighted by molar-refractivity contribution is -0.121. The van der Waals surface area contributed by atoms with Crippen molar-refractivity contribution in [2.45, 2.75) is 26.3 Å². The molecule has 0 aromatic heterocycles. The van der Waals surface area contributed by atoms with Gasteiger partial charge in [-0.05, 0) is 32.0 Å². The van der Waals surface area contributed by atoms with Gasteiger partial charge >= 0.3 is 0 Å². The fourth-order valence-electron chi connectivity index (χ4n) is 1.47. The second kappa shape index (κ2) is 6.99. The Balaban J connectivity index is 2.48. The van der Waals surface area contributed by atoms with Crippen molar-refractivity contribution in [3.05, 3.63) is 28.8 Å². The van der Waals surface area contributed by atoms with Crippen LogP contribution in [-0.4, -0.2) is 29.5 Å². The molecule has 0 saturated carbocycles. The van der Waals surface area contributed by atoms with E-state index in [1.807, 2.05) is 13.8 Å². The highest BCUT2D eigenvalue weighted by atomic mass is 35.5. The van der Waals surface area contributed by atoms with Crippen LogP contribution in [0.15, 0.2) is 18.2 Å². The van der Waals surface area contributed by atoms with Crippen LogP contribution in [0.3, 0.4) is 0 Å². The van der Waals surface area contributed by atoms with Crippen LogP contribution in [0, 0.1) is 0 Å². The topological polar surface area (TPSA) is 78.4 Å². The first kappa shape index (κ1) is 15.3. The van der Waals surface area contributed by atoms with Gasteiger partial charge in [0.1, 0.15) is 5.75 Å². The van der Waals surface area contributed by atoms with Gasteiger partial charge in [0.15, 0.2) is 0 Å². The van der Waals surface area contributed by atoms with Crippen LogP contribution in [0.1, 0.15) is 30.6 Å². The number of rotatable bonds is 5. The molecule has 0 spiro atoms. The summed E-state index contributed by atoms with van der Waals surface area (Å²) in [4.78, 5) is 23.1. The van der Waals surface area contributed by atoms with Gasteiger partial charge in [-0.25, -0.2) is 0 Å². The summed E-state index contributed by atoms with van der Waals surface area (Å²) in [6, 6.07) is 4.20. The second-order valence-corrected chi connectivity index (χ2v) is 4.80. The number of hydrogen-bond acceptors (Lipinski definition) is 3. The maximum atomic E-state index is 11.8. The van der Waals surface area contributed by atoms with E-state index in [4.69, 9.17) is 11.6 Å². The van der Waals surface area contributed by atoms with E-state index >= 15 is 0 Å². The highest BCUT2D eigenvalue weighted by molar-refractivity contribution is 6.33. The van der Waals surface area contributed by atoms with Crippen LogP contribution in [0.5, 0.6) is 5.75 Å². The van der Waals surface area contributed by atoms with Crippen LogP contribution in [-0.2, 0) is 4.79 Å². The summed E-state index contributed by atoms with van der Waals surface area (Å²) in [5.74, 6) is -0.581. The molecule has 0 radical (unpaired) electrons. The molecule has 0 aliphatic carbocycles. The molecule has 3 N–H and O–H groups in total. The Kier molecular flexibility index (Phi) is 5.63. The fraction of sp³-hybridized carbons (Fsp3) is 0.385. The van der Waals surface area contributed by atoms with Gasteiger partial charge in [-0.3, -0.25) is 9.59 Å². The molecular formula is C13H17ClN2O3. The minimum absolute atomic E-state index is 0.0351. The number of nitrogens with one attached hydrogen (secondary N) is 2. The first-order valence-electron chi connectivity index (χ1n) is 5.96. The molecule has 104 valence electrons. The van der Waals surface area contributed by atoms with E-state index in [0.717, 1.165) is 0 Å². The quantitative estimate of drug-likeness (QED) is 0.770. The van der Waals surface area contributed by atoms with Crippen molar-refractivity contribution in [1.82, 2.24) is 10.6 Å². The third-order valence-electron chi connectivity index (χ3n) is 2.28. The van der Waals surface area contributed by atoms with Gasteiger partial charge in [0.05, 0.1) is 10.6 Å². The third-order valence-corrected chi connectivity index (χ3v) is 2.61. The van der Waals surface area contributed by atoms with E-state index in [1.54, 1.807) is 0 Å². The lowest BCUT2D eigenvalue weighted by atomic mass is 10.2. The second-order valence-electron chi connectivity index (χ2n) is 4.39. The average Bonchev–Trinajstić information content (AvgIpc) is 2.31. The molecule has 0 aliphatic rings. The first-order chi connectivity index (χ1) is 8.90. The van der Waals surface area contributed by atoms with Crippen molar-refractivity contribution in [2.24, 2.45) is 0 Å². The van der Waals surface area contributed by atoms with Crippen LogP contribution in [0.2, 0.25) is 5.02 Å². The number of benzene rings is 1. The van der Waals surface area contributed by atoms with Crippen molar-refractivity contribution in [3.8, 4) is 5.75 Å². The smallest absolute Gasteiger partial charge is 0.252 e. The molecule has 2 amide bonds. The number of aromatic hydroxyl groups is 1. The molecule has 5 nitrogen and oxygen atoms in total. The molecule has 1 rings (SSSR count). The summed E-state index contributed by atoms with van der Waals surface area (Å²) >= 11 is 5.85. The molecule has 6 heteroatoms. The SMILES string of the molecule is CC(C)NC(=O)CCNC(=O)c1cc(O)ccc1Cl. The lowest BCUT2D eigenvalue weighted by Crippen LogP contribution is -2.34. The number of halogens is 1. The predicted molar refractivity (Wildman–Crippen MR) is 73.3 cm³/mol. The maximum absolute atomic E-state index is 11.8. The number of amides is 2.